The van der Waals surface area contributed by atoms with E-state index in [-0.39, 0.29) is 31.1 Å². The third kappa shape index (κ3) is 43.8. The van der Waals surface area contributed by atoms with Gasteiger partial charge in [0.05, 0.1) is 0 Å². The lowest BCUT2D eigenvalue weighted by Gasteiger charge is -2.18. The summed E-state index contributed by atoms with van der Waals surface area (Å²) in [7, 11) is 0. The first-order valence-corrected chi connectivity index (χ1v) is 25.4. The van der Waals surface area contributed by atoms with Crippen molar-refractivity contribution in [3.63, 3.8) is 0 Å². The van der Waals surface area contributed by atoms with Gasteiger partial charge in [-0.05, 0) is 25.2 Å². The molecule has 0 aliphatic carbocycles. The van der Waals surface area contributed by atoms with E-state index in [2.05, 4.69) is 27.7 Å². The molecule has 0 radical (unpaired) electrons. The number of carbonyl (C=O) groups excluding carboxylic acids is 3. The zero-order valence-electron chi connectivity index (χ0n) is 38.8. The molecule has 0 rings (SSSR count). The SMILES string of the molecule is CCCCCCCCCCCCCCCCCC(=O)OC[C@@H](COC(=O)CCCCCCCCC(C)CC)OC(=O)CCCCCCCCCCCCCCCC. The normalized spacial score (nSPS) is 12.4. The van der Waals surface area contributed by atoms with Crippen molar-refractivity contribution in [2.45, 2.75) is 291 Å². The molecule has 0 fully saturated rings. The Labute approximate surface area is 355 Å². The Morgan fingerprint density at radius 2 is 0.614 bits per heavy atom. The second kappa shape index (κ2) is 45.5. The highest BCUT2D eigenvalue weighted by Gasteiger charge is 2.19. The van der Waals surface area contributed by atoms with E-state index in [0.717, 1.165) is 63.7 Å². The Bertz CT molecular complexity index is 859. The summed E-state index contributed by atoms with van der Waals surface area (Å²) < 4.78 is 16.8. The van der Waals surface area contributed by atoms with Gasteiger partial charge in [-0.15, -0.1) is 0 Å². The van der Waals surface area contributed by atoms with Gasteiger partial charge in [-0.25, -0.2) is 0 Å². The number of hydrogen-bond donors (Lipinski definition) is 0. The van der Waals surface area contributed by atoms with Gasteiger partial charge >= 0.3 is 17.9 Å². The van der Waals surface area contributed by atoms with E-state index >= 15 is 0 Å². The van der Waals surface area contributed by atoms with Crippen molar-refractivity contribution in [2.75, 3.05) is 13.2 Å². The molecule has 0 saturated heterocycles. The minimum absolute atomic E-state index is 0.0635. The van der Waals surface area contributed by atoms with E-state index in [1.807, 2.05) is 0 Å². The number of rotatable bonds is 46. The van der Waals surface area contributed by atoms with Gasteiger partial charge in [0, 0.05) is 19.3 Å². The molecule has 2 atom stereocenters. The molecular weight excluding hydrogens is 709 g/mol. The van der Waals surface area contributed by atoms with Gasteiger partial charge < -0.3 is 14.2 Å². The molecule has 0 aromatic rings. The smallest absolute Gasteiger partial charge is 0.306 e. The predicted octanol–water partition coefficient (Wildman–Crippen LogP) is 16.3. The molecule has 0 aromatic carbocycles. The molecule has 1 unspecified atom stereocenters. The topological polar surface area (TPSA) is 78.9 Å². The van der Waals surface area contributed by atoms with E-state index < -0.39 is 6.10 Å². The second-order valence-corrected chi connectivity index (χ2v) is 17.7. The molecule has 0 aliphatic heterocycles. The third-order valence-electron chi connectivity index (χ3n) is 11.9. The quantitative estimate of drug-likeness (QED) is 0.0346. The molecule has 0 aromatic heterocycles. The summed E-state index contributed by atoms with van der Waals surface area (Å²) in [5, 5.41) is 0. The lowest BCUT2D eigenvalue weighted by atomic mass is 10.00. The Morgan fingerprint density at radius 1 is 0.351 bits per heavy atom. The van der Waals surface area contributed by atoms with Gasteiger partial charge in [0.1, 0.15) is 13.2 Å². The van der Waals surface area contributed by atoms with Crippen LogP contribution in [0.25, 0.3) is 0 Å². The van der Waals surface area contributed by atoms with Crippen molar-refractivity contribution < 1.29 is 28.6 Å². The summed E-state index contributed by atoms with van der Waals surface area (Å²) in [5.74, 6) is -0.0341. The minimum atomic E-state index is -0.761. The van der Waals surface area contributed by atoms with Crippen LogP contribution in [-0.4, -0.2) is 37.2 Å². The van der Waals surface area contributed by atoms with Crippen molar-refractivity contribution in [3.05, 3.63) is 0 Å². The number of hydrogen-bond acceptors (Lipinski definition) is 6. The summed E-state index contributed by atoms with van der Waals surface area (Å²) in [6.07, 6.45) is 46.6. The Hall–Kier alpha value is -1.59. The average molecular weight is 807 g/mol. The van der Waals surface area contributed by atoms with Crippen LogP contribution < -0.4 is 0 Å². The van der Waals surface area contributed by atoms with Crippen LogP contribution in [0.5, 0.6) is 0 Å². The monoisotopic (exact) mass is 807 g/mol. The van der Waals surface area contributed by atoms with Crippen molar-refractivity contribution in [1.82, 2.24) is 0 Å². The molecule has 0 bridgehead atoms. The zero-order chi connectivity index (χ0) is 41.7. The van der Waals surface area contributed by atoms with Gasteiger partial charge in [-0.3, -0.25) is 14.4 Å². The Balaban J connectivity index is 4.30. The largest absolute Gasteiger partial charge is 0.462 e. The summed E-state index contributed by atoms with van der Waals surface area (Å²) in [4.78, 5) is 37.9. The number of esters is 3. The maximum absolute atomic E-state index is 12.8. The van der Waals surface area contributed by atoms with Gasteiger partial charge in [0.2, 0.25) is 0 Å². The van der Waals surface area contributed by atoms with E-state index in [4.69, 9.17) is 14.2 Å². The van der Waals surface area contributed by atoms with E-state index in [1.165, 1.54) is 180 Å². The molecule has 0 saturated carbocycles. The standard InChI is InChI=1S/C51H98O6/c1-5-8-10-12-14-16-18-20-22-24-25-27-29-34-38-42-49(52)55-45-48(46-56-50(53)43-39-35-32-31-33-37-41-47(4)7-3)57-51(54)44-40-36-30-28-26-23-21-19-17-15-13-11-9-6-2/h47-48H,5-46H2,1-4H3/t47?,48-/m0/s1. The van der Waals surface area contributed by atoms with Gasteiger partial charge in [0.25, 0.3) is 0 Å². The molecular formula is C51H98O6. The fourth-order valence-electron chi connectivity index (χ4n) is 7.66. The van der Waals surface area contributed by atoms with Crippen LogP contribution in [0.3, 0.4) is 0 Å². The number of unbranched alkanes of at least 4 members (excludes halogenated alkanes) is 32. The lowest BCUT2D eigenvalue weighted by molar-refractivity contribution is -0.167. The van der Waals surface area contributed by atoms with Crippen LogP contribution in [0.4, 0.5) is 0 Å². The van der Waals surface area contributed by atoms with Crippen LogP contribution in [-0.2, 0) is 28.6 Å². The maximum atomic E-state index is 12.8. The van der Waals surface area contributed by atoms with Crippen LogP contribution >= 0.6 is 0 Å². The van der Waals surface area contributed by atoms with Crippen molar-refractivity contribution in [3.8, 4) is 0 Å². The van der Waals surface area contributed by atoms with Crippen LogP contribution in [0, 0.1) is 5.92 Å². The third-order valence-corrected chi connectivity index (χ3v) is 11.9. The first-order valence-electron chi connectivity index (χ1n) is 25.4. The summed E-state index contributed by atoms with van der Waals surface area (Å²) in [6, 6.07) is 0. The molecule has 6 nitrogen and oxygen atoms in total. The van der Waals surface area contributed by atoms with Crippen LogP contribution in [0.1, 0.15) is 285 Å². The lowest BCUT2D eigenvalue weighted by Crippen LogP contribution is -2.30. The first kappa shape index (κ1) is 55.4. The maximum Gasteiger partial charge on any atom is 0.306 e. The molecule has 0 aliphatic rings. The van der Waals surface area contributed by atoms with Gasteiger partial charge in [-0.1, -0.05) is 246 Å². The minimum Gasteiger partial charge on any atom is -0.462 e. The second-order valence-electron chi connectivity index (χ2n) is 17.7. The van der Waals surface area contributed by atoms with Crippen LogP contribution in [0.2, 0.25) is 0 Å². The highest BCUT2D eigenvalue weighted by molar-refractivity contribution is 5.71. The Kier molecular flexibility index (Phi) is 44.2. The van der Waals surface area contributed by atoms with E-state index in [9.17, 15) is 14.4 Å². The summed E-state index contributed by atoms with van der Waals surface area (Å²) in [6.45, 7) is 9.00. The molecule has 0 heterocycles. The molecule has 0 N–H and O–H groups in total. The fourth-order valence-corrected chi connectivity index (χ4v) is 7.66. The average Bonchev–Trinajstić information content (AvgIpc) is 3.21. The summed E-state index contributed by atoms with van der Waals surface area (Å²) >= 11 is 0. The highest BCUT2D eigenvalue weighted by Crippen LogP contribution is 2.17. The molecule has 0 amide bonds. The van der Waals surface area contributed by atoms with Gasteiger partial charge in [0.15, 0.2) is 6.10 Å². The van der Waals surface area contributed by atoms with E-state index in [0.29, 0.717) is 19.3 Å². The fraction of sp³-hybridized carbons (Fsp3) is 0.941. The predicted molar refractivity (Wildman–Crippen MR) is 243 cm³/mol. The van der Waals surface area contributed by atoms with Crippen LogP contribution in [0.15, 0.2) is 0 Å². The number of ether oxygens (including phenoxy) is 3. The molecule has 338 valence electrons. The van der Waals surface area contributed by atoms with E-state index in [1.54, 1.807) is 0 Å². The van der Waals surface area contributed by atoms with Crippen molar-refractivity contribution >= 4 is 17.9 Å². The van der Waals surface area contributed by atoms with Gasteiger partial charge in [-0.2, -0.15) is 0 Å². The first-order chi connectivity index (χ1) is 27.9. The Morgan fingerprint density at radius 3 is 0.912 bits per heavy atom. The zero-order valence-corrected chi connectivity index (χ0v) is 38.8. The molecule has 6 heteroatoms. The summed E-state index contributed by atoms with van der Waals surface area (Å²) in [5.41, 5.74) is 0. The highest BCUT2D eigenvalue weighted by atomic mass is 16.6. The van der Waals surface area contributed by atoms with Crippen molar-refractivity contribution in [1.29, 1.82) is 0 Å². The molecule has 57 heavy (non-hydrogen) atoms. The molecule has 0 spiro atoms. The number of carbonyl (C=O) groups is 3. The van der Waals surface area contributed by atoms with Crippen molar-refractivity contribution in [2.24, 2.45) is 5.92 Å².